The summed E-state index contributed by atoms with van der Waals surface area (Å²) in [6, 6.07) is 3.36. The topological polar surface area (TPSA) is 79.5 Å². The van der Waals surface area contributed by atoms with Gasteiger partial charge in [-0.3, -0.25) is 4.79 Å². The number of hydrogen-bond donors (Lipinski definition) is 2. The van der Waals surface area contributed by atoms with Gasteiger partial charge in [0.2, 0.25) is 0 Å². The van der Waals surface area contributed by atoms with Gasteiger partial charge in [-0.15, -0.1) is 11.3 Å². The highest BCUT2D eigenvalue weighted by Gasteiger charge is 2.27. The SMILES string of the molecule is CCc1ccc(C(=O)Nc2sc3c(c2C(=O)O)CCC3)o1. The van der Waals surface area contributed by atoms with Gasteiger partial charge in [0.05, 0.1) is 5.56 Å². The second kappa shape index (κ2) is 5.37. The molecule has 0 bridgehead atoms. The summed E-state index contributed by atoms with van der Waals surface area (Å²) in [5.41, 5.74) is 1.11. The van der Waals surface area contributed by atoms with E-state index in [1.165, 1.54) is 11.3 Å². The molecule has 1 aliphatic carbocycles. The normalized spacial score (nSPS) is 13.2. The Bertz CT molecular complexity index is 713. The molecule has 2 aromatic heterocycles. The van der Waals surface area contributed by atoms with E-state index >= 15 is 0 Å². The second-order valence-electron chi connectivity index (χ2n) is 4.94. The molecule has 110 valence electrons. The highest BCUT2D eigenvalue weighted by Crippen LogP contribution is 2.39. The van der Waals surface area contributed by atoms with E-state index in [4.69, 9.17) is 4.42 Å². The third-order valence-electron chi connectivity index (χ3n) is 3.60. The first-order chi connectivity index (χ1) is 10.1. The van der Waals surface area contributed by atoms with E-state index in [1.807, 2.05) is 6.92 Å². The number of fused-ring (bicyclic) bond motifs is 1. The van der Waals surface area contributed by atoms with E-state index in [2.05, 4.69) is 5.32 Å². The number of nitrogens with one attached hydrogen (secondary N) is 1. The van der Waals surface area contributed by atoms with Gasteiger partial charge in [0.15, 0.2) is 5.76 Å². The molecule has 2 heterocycles. The average molecular weight is 305 g/mol. The van der Waals surface area contributed by atoms with Crippen LogP contribution < -0.4 is 5.32 Å². The monoisotopic (exact) mass is 305 g/mol. The molecular formula is C15H15NO4S. The fourth-order valence-electron chi connectivity index (χ4n) is 2.57. The maximum atomic E-state index is 12.2. The summed E-state index contributed by atoms with van der Waals surface area (Å²) in [4.78, 5) is 24.7. The van der Waals surface area contributed by atoms with Gasteiger partial charge in [-0.1, -0.05) is 6.92 Å². The number of carbonyl (C=O) groups excluding carboxylic acids is 1. The van der Waals surface area contributed by atoms with Gasteiger partial charge in [-0.2, -0.15) is 0 Å². The molecule has 2 aromatic rings. The molecule has 0 radical (unpaired) electrons. The van der Waals surface area contributed by atoms with Crippen molar-refractivity contribution in [2.24, 2.45) is 0 Å². The minimum Gasteiger partial charge on any atom is -0.478 e. The minimum atomic E-state index is -0.988. The minimum absolute atomic E-state index is 0.205. The van der Waals surface area contributed by atoms with Gasteiger partial charge in [0.25, 0.3) is 5.91 Å². The number of thiophene rings is 1. The van der Waals surface area contributed by atoms with E-state index in [9.17, 15) is 14.7 Å². The van der Waals surface area contributed by atoms with Gasteiger partial charge in [-0.25, -0.2) is 4.79 Å². The van der Waals surface area contributed by atoms with Gasteiger partial charge < -0.3 is 14.8 Å². The summed E-state index contributed by atoms with van der Waals surface area (Å²) in [6.45, 7) is 1.94. The quantitative estimate of drug-likeness (QED) is 0.908. The number of amides is 1. The lowest BCUT2D eigenvalue weighted by Crippen LogP contribution is -2.13. The Kier molecular flexibility index (Phi) is 3.55. The van der Waals surface area contributed by atoms with Crippen LogP contribution in [-0.2, 0) is 19.3 Å². The van der Waals surface area contributed by atoms with Gasteiger partial charge >= 0.3 is 5.97 Å². The number of anilines is 1. The summed E-state index contributed by atoms with van der Waals surface area (Å²) in [5.74, 6) is -0.459. The Morgan fingerprint density at radius 1 is 1.38 bits per heavy atom. The van der Waals surface area contributed by atoms with Crippen LogP contribution in [0, 0.1) is 0 Å². The van der Waals surface area contributed by atoms with Crippen LogP contribution in [0.3, 0.4) is 0 Å². The van der Waals surface area contributed by atoms with Crippen molar-refractivity contribution in [3.63, 3.8) is 0 Å². The maximum absolute atomic E-state index is 12.2. The Morgan fingerprint density at radius 2 is 2.19 bits per heavy atom. The lowest BCUT2D eigenvalue weighted by molar-refractivity contribution is 0.0697. The predicted molar refractivity (Wildman–Crippen MR) is 79.3 cm³/mol. The summed E-state index contributed by atoms with van der Waals surface area (Å²) >= 11 is 1.36. The molecule has 0 saturated heterocycles. The molecule has 1 amide bonds. The highest BCUT2D eigenvalue weighted by molar-refractivity contribution is 7.17. The van der Waals surface area contributed by atoms with Crippen LogP contribution in [0.5, 0.6) is 0 Å². The van der Waals surface area contributed by atoms with Gasteiger partial charge in [-0.05, 0) is 37.0 Å². The highest BCUT2D eigenvalue weighted by atomic mass is 32.1. The van der Waals surface area contributed by atoms with Crippen molar-refractivity contribution < 1.29 is 19.1 Å². The molecule has 6 heteroatoms. The molecule has 0 saturated carbocycles. The number of carboxylic acids is 1. The molecule has 0 atom stereocenters. The average Bonchev–Trinajstić information content (AvgIpc) is 3.12. The Morgan fingerprint density at radius 3 is 2.86 bits per heavy atom. The van der Waals surface area contributed by atoms with Crippen molar-refractivity contribution >= 4 is 28.2 Å². The molecule has 0 aliphatic heterocycles. The van der Waals surface area contributed by atoms with Crippen molar-refractivity contribution in [1.29, 1.82) is 0 Å². The summed E-state index contributed by atoms with van der Waals surface area (Å²) < 4.78 is 5.39. The van der Waals surface area contributed by atoms with Crippen molar-refractivity contribution in [3.8, 4) is 0 Å². The van der Waals surface area contributed by atoms with Crippen LogP contribution in [0.4, 0.5) is 5.00 Å². The fraction of sp³-hybridized carbons (Fsp3) is 0.333. The van der Waals surface area contributed by atoms with E-state index < -0.39 is 11.9 Å². The van der Waals surface area contributed by atoms with Crippen molar-refractivity contribution in [2.75, 3.05) is 5.32 Å². The van der Waals surface area contributed by atoms with Crippen LogP contribution in [-0.4, -0.2) is 17.0 Å². The number of hydrogen-bond acceptors (Lipinski definition) is 4. The Balaban J connectivity index is 1.88. The number of aryl methyl sites for hydroxylation is 2. The van der Waals surface area contributed by atoms with Crippen molar-refractivity contribution in [2.45, 2.75) is 32.6 Å². The zero-order chi connectivity index (χ0) is 15.0. The van der Waals surface area contributed by atoms with Crippen molar-refractivity contribution in [1.82, 2.24) is 0 Å². The summed E-state index contributed by atoms with van der Waals surface area (Å²) in [5, 5.41) is 12.5. The van der Waals surface area contributed by atoms with Crippen LogP contribution in [0.1, 0.15) is 50.5 Å². The molecule has 2 N–H and O–H groups in total. The lowest BCUT2D eigenvalue weighted by atomic mass is 10.1. The third kappa shape index (κ3) is 2.47. The Labute approximate surface area is 125 Å². The van der Waals surface area contributed by atoms with Crippen LogP contribution in [0.2, 0.25) is 0 Å². The molecule has 0 unspecified atom stereocenters. The molecule has 21 heavy (non-hydrogen) atoms. The number of aromatic carboxylic acids is 1. The molecule has 0 spiro atoms. The number of carboxylic acid groups (broad SMARTS) is 1. The van der Waals surface area contributed by atoms with E-state index in [0.717, 1.165) is 35.5 Å². The molecule has 1 aliphatic rings. The standard InChI is InChI=1S/C15H15NO4S/c1-2-8-6-7-10(20-8)13(17)16-14-12(15(18)19)9-4-3-5-11(9)21-14/h6-7H,2-5H2,1H3,(H,16,17)(H,18,19). The number of carbonyl (C=O) groups is 2. The zero-order valence-electron chi connectivity index (χ0n) is 11.6. The van der Waals surface area contributed by atoms with E-state index in [0.29, 0.717) is 11.4 Å². The van der Waals surface area contributed by atoms with Crippen LogP contribution in [0.25, 0.3) is 0 Å². The first-order valence-corrected chi connectivity index (χ1v) is 7.69. The van der Waals surface area contributed by atoms with E-state index in [1.54, 1.807) is 12.1 Å². The molecular weight excluding hydrogens is 290 g/mol. The number of rotatable bonds is 4. The second-order valence-corrected chi connectivity index (χ2v) is 6.05. The summed E-state index contributed by atoms with van der Waals surface area (Å²) in [7, 11) is 0. The maximum Gasteiger partial charge on any atom is 0.339 e. The van der Waals surface area contributed by atoms with Crippen molar-refractivity contribution in [3.05, 3.63) is 39.7 Å². The predicted octanol–water partition coefficient (Wildman–Crippen LogP) is 3.34. The zero-order valence-corrected chi connectivity index (χ0v) is 12.4. The lowest BCUT2D eigenvalue weighted by Gasteiger charge is -2.03. The first kappa shape index (κ1) is 13.9. The largest absolute Gasteiger partial charge is 0.478 e. The first-order valence-electron chi connectivity index (χ1n) is 6.88. The molecule has 5 nitrogen and oxygen atoms in total. The number of furan rings is 1. The summed E-state index contributed by atoms with van der Waals surface area (Å²) in [6.07, 6.45) is 3.34. The van der Waals surface area contributed by atoms with E-state index in [-0.39, 0.29) is 11.3 Å². The van der Waals surface area contributed by atoms with Gasteiger partial charge in [0.1, 0.15) is 10.8 Å². The smallest absolute Gasteiger partial charge is 0.339 e. The Hall–Kier alpha value is -2.08. The molecule has 0 aromatic carbocycles. The van der Waals surface area contributed by atoms with Gasteiger partial charge in [0, 0.05) is 11.3 Å². The van der Waals surface area contributed by atoms with Crippen LogP contribution >= 0.6 is 11.3 Å². The molecule has 3 rings (SSSR count). The third-order valence-corrected chi connectivity index (χ3v) is 4.80. The van der Waals surface area contributed by atoms with Crippen LogP contribution in [0.15, 0.2) is 16.5 Å². The molecule has 0 fully saturated rings. The fourth-order valence-corrected chi connectivity index (χ4v) is 3.85.